The van der Waals surface area contributed by atoms with Crippen LogP contribution in [0.25, 0.3) is 0 Å². The molecule has 0 spiro atoms. The third-order valence-electron chi connectivity index (χ3n) is 6.08. The van der Waals surface area contributed by atoms with Crippen LogP contribution < -0.4 is 15.5 Å². The third kappa shape index (κ3) is 6.34. The lowest BCUT2D eigenvalue weighted by Crippen LogP contribution is -2.48. The minimum absolute atomic E-state index is 0.0336. The SMILES string of the molecule is CCNCCNC(=O)CN(CC(=O)N(C)N1Cc2ccccc2C1)c1cc(C#N)ccc1CC. The smallest absolute Gasteiger partial charge is 0.256 e. The summed E-state index contributed by atoms with van der Waals surface area (Å²) < 4.78 is 0. The van der Waals surface area contributed by atoms with Crippen molar-refractivity contribution in [2.75, 3.05) is 44.7 Å². The highest BCUT2D eigenvalue weighted by Crippen LogP contribution is 2.25. The Morgan fingerprint density at radius 3 is 2.38 bits per heavy atom. The Kier molecular flexibility index (Phi) is 9.02. The number of carbonyl (C=O) groups is 2. The first-order valence-corrected chi connectivity index (χ1v) is 11.8. The summed E-state index contributed by atoms with van der Waals surface area (Å²) in [4.78, 5) is 27.8. The minimum atomic E-state index is -0.161. The monoisotopic (exact) mass is 462 g/mol. The van der Waals surface area contributed by atoms with Gasteiger partial charge in [0.25, 0.3) is 5.91 Å². The van der Waals surface area contributed by atoms with Crippen LogP contribution in [0.4, 0.5) is 5.69 Å². The number of carbonyl (C=O) groups excluding carboxylic acids is 2. The molecule has 0 saturated carbocycles. The van der Waals surface area contributed by atoms with E-state index in [2.05, 4.69) is 28.8 Å². The van der Waals surface area contributed by atoms with Crippen molar-refractivity contribution in [2.45, 2.75) is 33.4 Å². The number of hydrazine groups is 1. The first-order valence-electron chi connectivity index (χ1n) is 11.8. The number of rotatable bonds is 11. The predicted octanol–water partition coefficient (Wildman–Crippen LogP) is 2.04. The van der Waals surface area contributed by atoms with Crippen LogP contribution in [0.5, 0.6) is 0 Å². The Labute approximate surface area is 202 Å². The van der Waals surface area contributed by atoms with Gasteiger partial charge in [-0.15, -0.1) is 0 Å². The van der Waals surface area contributed by atoms with Crippen LogP contribution in [0, 0.1) is 11.3 Å². The van der Waals surface area contributed by atoms with Gasteiger partial charge in [0.1, 0.15) is 0 Å². The van der Waals surface area contributed by atoms with Gasteiger partial charge < -0.3 is 15.5 Å². The molecule has 180 valence electrons. The molecule has 0 aliphatic carbocycles. The number of benzene rings is 2. The number of nitrogens with one attached hydrogen (secondary N) is 2. The number of nitriles is 1. The zero-order valence-corrected chi connectivity index (χ0v) is 20.3. The summed E-state index contributed by atoms with van der Waals surface area (Å²) in [5.41, 5.74) is 4.67. The summed E-state index contributed by atoms with van der Waals surface area (Å²) in [5, 5.41) is 19.2. The van der Waals surface area contributed by atoms with E-state index in [9.17, 15) is 14.9 Å². The van der Waals surface area contributed by atoms with Crippen molar-refractivity contribution < 1.29 is 9.59 Å². The Bertz CT molecular complexity index is 1020. The predicted molar refractivity (Wildman–Crippen MR) is 133 cm³/mol. The first kappa shape index (κ1) is 25.2. The van der Waals surface area contributed by atoms with Crippen molar-refractivity contribution in [1.82, 2.24) is 20.7 Å². The average Bonchev–Trinajstić information content (AvgIpc) is 3.29. The lowest BCUT2D eigenvalue weighted by Gasteiger charge is -2.32. The maximum atomic E-state index is 13.3. The summed E-state index contributed by atoms with van der Waals surface area (Å²) in [5.74, 6) is -0.274. The van der Waals surface area contributed by atoms with Gasteiger partial charge in [-0.05, 0) is 41.8 Å². The van der Waals surface area contributed by atoms with Gasteiger partial charge in [0.15, 0.2) is 0 Å². The van der Waals surface area contributed by atoms with E-state index in [4.69, 9.17) is 0 Å². The van der Waals surface area contributed by atoms with Crippen molar-refractivity contribution in [3.63, 3.8) is 0 Å². The molecule has 0 fully saturated rings. The van der Waals surface area contributed by atoms with Crippen LogP contribution >= 0.6 is 0 Å². The minimum Gasteiger partial charge on any atom is -0.353 e. The fourth-order valence-electron chi connectivity index (χ4n) is 4.10. The molecule has 1 aliphatic rings. The zero-order chi connectivity index (χ0) is 24.5. The topological polar surface area (TPSA) is 91.7 Å². The van der Waals surface area contributed by atoms with Crippen LogP contribution in [0.2, 0.25) is 0 Å². The number of fused-ring (bicyclic) bond motifs is 1. The maximum absolute atomic E-state index is 13.3. The second kappa shape index (κ2) is 12.2. The highest BCUT2D eigenvalue weighted by molar-refractivity contribution is 5.87. The van der Waals surface area contributed by atoms with Gasteiger partial charge >= 0.3 is 0 Å². The molecule has 0 atom stereocenters. The standard InChI is InChI=1S/C26H34N6O2/c1-4-21-11-10-20(15-27)14-24(21)31(18-25(33)29-13-12-28-5-2)19-26(34)30(3)32-16-22-8-6-7-9-23(22)17-32/h6-11,14,28H,4-5,12-13,16-19H2,1-3H3,(H,29,33). The molecule has 2 aromatic carbocycles. The number of hydrogen-bond acceptors (Lipinski definition) is 6. The van der Waals surface area contributed by atoms with E-state index in [1.807, 2.05) is 37.1 Å². The Morgan fingerprint density at radius 1 is 1.06 bits per heavy atom. The molecule has 2 amide bonds. The average molecular weight is 463 g/mol. The fourth-order valence-corrected chi connectivity index (χ4v) is 4.10. The first-order chi connectivity index (χ1) is 16.5. The number of nitrogens with zero attached hydrogens (tertiary/aromatic N) is 4. The van der Waals surface area contributed by atoms with Crippen LogP contribution in [0.15, 0.2) is 42.5 Å². The molecular weight excluding hydrogens is 428 g/mol. The lowest BCUT2D eigenvalue weighted by atomic mass is 10.1. The summed E-state index contributed by atoms with van der Waals surface area (Å²) in [6.45, 7) is 7.49. The van der Waals surface area contributed by atoms with Crippen molar-refractivity contribution in [3.8, 4) is 6.07 Å². The highest BCUT2D eigenvalue weighted by atomic mass is 16.2. The van der Waals surface area contributed by atoms with Crippen molar-refractivity contribution >= 4 is 17.5 Å². The second-order valence-electron chi connectivity index (χ2n) is 8.38. The summed E-state index contributed by atoms with van der Waals surface area (Å²) in [6, 6.07) is 15.8. The van der Waals surface area contributed by atoms with Gasteiger partial charge in [-0.25, -0.2) is 5.01 Å². The number of likely N-dealkylation sites (N-methyl/N-ethyl adjacent to an activating group) is 2. The lowest BCUT2D eigenvalue weighted by molar-refractivity contribution is -0.145. The van der Waals surface area contributed by atoms with E-state index in [1.54, 1.807) is 29.1 Å². The molecule has 0 unspecified atom stereocenters. The number of aryl methyl sites for hydroxylation is 1. The molecule has 3 rings (SSSR count). The Balaban J connectivity index is 1.76. The van der Waals surface area contributed by atoms with Crippen LogP contribution in [0.1, 0.15) is 36.1 Å². The van der Waals surface area contributed by atoms with E-state index >= 15 is 0 Å². The Morgan fingerprint density at radius 2 is 1.76 bits per heavy atom. The highest BCUT2D eigenvalue weighted by Gasteiger charge is 2.27. The number of hydrogen-bond donors (Lipinski definition) is 2. The Hall–Kier alpha value is -3.41. The molecule has 0 saturated heterocycles. The van der Waals surface area contributed by atoms with E-state index in [1.165, 1.54) is 11.1 Å². The van der Waals surface area contributed by atoms with E-state index < -0.39 is 0 Å². The molecule has 34 heavy (non-hydrogen) atoms. The van der Waals surface area contributed by atoms with Gasteiger partial charge in [0, 0.05) is 38.9 Å². The molecule has 8 nitrogen and oxygen atoms in total. The molecule has 2 aromatic rings. The molecule has 2 N–H and O–H groups in total. The van der Waals surface area contributed by atoms with E-state index in [0.29, 0.717) is 31.7 Å². The fraction of sp³-hybridized carbons (Fsp3) is 0.423. The molecule has 0 radical (unpaired) electrons. The molecular formula is C26H34N6O2. The zero-order valence-electron chi connectivity index (χ0n) is 20.3. The molecule has 1 aliphatic heterocycles. The quantitative estimate of drug-likeness (QED) is 0.497. The number of anilines is 1. The second-order valence-corrected chi connectivity index (χ2v) is 8.38. The summed E-state index contributed by atoms with van der Waals surface area (Å²) >= 11 is 0. The molecule has 0 aromatic heterocycles. The normalized spacial score (nSPS) is 12.6. The van der Waals surface area contributed by atoms with Crippen molar-refractivity contribution in [1.29, 1.82) is 5.26 Å². The van der Waals surface area contributed by atoms with Gasteiger partial charge in [-0.3, -0.25) is 14.6 Å². The third-order valence-corrected chi connectivity index (χ3v) is 6.08. The van der Waals surface area contributed by atoms with Crippen molar-refractivity contribution in [3.05, 3.63) is 64.7 Å². The van der Waals surface area contributed by atoms with Gasteiger partial charge in [-0.1, -0.05) is 44.2 Å². The van der Waals surface area contributed by atoms with Crippen LogP contribution in [-0.4, -0.2) is 61.6 Å². The molecule has 1 heterocycles. The van der Waals surface area contributed by atoms with E-state index in [0.717, 1.165) is 24.2 Å². The molecule has 0 bridgehead atoms. The number of amides is 2. The molecule has 8 heteroatoms. The summed E-state index contributed by atoms with van der Waals surface area (Å²) in [7, 11) is 1.77. The van der Waals surface area contributed by atoms with Crippen LogP contribution in [0.3, 0.4) is 0 Å². The van der Waals surface area contributed by atoms with Gasteiger partial charge in [0.05, 0.1) is 24.7 Å². The van der Waals surface area contributed by atoms with Crippen molar-refractivity contribution in [2.24, 2.45) is 0 Å². The van der Waals surface area contributed by atoms with Gasteiger partial charge in [0.2, 0.25) is 5.91 Å². The largest absolute Gasteiger partial charge is 0.353 e. The van der Waals surface area contributed by atoms with Crippen LogP contribution in [-0.2, 0) is 29.1 Å². The van der Waals surface area contributed by atoms with Gasteiger partial charge in [-0.2, -0.15) is 5.26 Å². The summed E-state index contributed by atoms with van der Waals surface area (Å²) in [6.07, 6.45) is 0.727. The van der Waals surface area contributed by atoms with E-state index in [-0.39, 0.29) is 24.9 Å². The maximum Gasteiger partial charge on any atom is 0.256 e.